The molecule has 0 spiro atoms. The molecule has 1 aromatic carbocycles. The minimum atomic E-state index is -1.86. The van der Waals surface area contributed by atoms with Crippen LogP contribution >= 0.6 is 0 Å². The Morgan fingerprint density at radius 2 is 1.55 bits per heavy atom. The van der Waals surface area contributed by atoms with Crippen molar-refractivity contribution < 1.29 is 73.0 Å². The number of esters is 1. The molecule has 7 atom stereocenters. The quantitative estimate of drug-likeness (QED) is 0.0613. The average Bonchev–Trinajstić information content (AvgIpc) is 3.49. The Morgan fingerprint density at radius 3 is 2.13 bits per heavy atom. The molecular weight excluding hydrogens is 790 g/mol. The molecule has 7 N–H and O–H groups in total. The Morgan fingerprint density at radius 1 is 0.900 bits per heavy atom. The van der Waals surface area contributed by atoms with Crippen LogP contribution in [0.3, 0.4) is 0 Å². The van der Waals surface area contributed by atoms with Crippen molar-refractivity contribution in [1.29, 1.82) is 0 Å². The predicted molar refractivity (Wildman–Crippen MR) is 210 cm³/mol. The molecule has 332 valence electrons. The van der Waals surface area contributed by atoms with Gasteiger partial charge in [-0.05, 0) is 69.7 Å². The number of ether oxygens (including phenoxy) is 3. The third-order valence-electron chi connectivity index (χ3n) is 9.84. The van der Waals surface area contributed by atoms with Gasteiger partial charge in [-0.3, -0.25) is 38.5 Å². The van der Waals surface area contributed by atoms with Gasteiger partial charge in [0.1, 0.15) is 43.5 Å². The number of imide groups is 1. The number of aryl methyl sites for hydroxylation is 1. The molecule has 1 aromatic rings. The fraction of sp³-hybridized carbons (Fsp3) is 0.600. The van der Waals surface area contributed by atoms with Crippen LogP contribution in [0.1, 0.15) is 65.5 Å². The number of rotatable bonds is 20. The van der Waals surface area contributed by atoms with Gasteiger partial charge in [-0.15, -0.1) is 0 Å². The zero-order valence-electron chi connectivity index (χ0n) is 34.8. The van der Waals surface area contributed by atoms with Gasteiger partial charge in [0.25, 0.3) is 11.8 Å². The summed E-state index contributed by atoms with van der Waals surface area (Å²) in [5, 5.41) is 48.3. The number of hydrogen-bond donors (Lipinski definition) is 7. The van der Waals surface area contributed by atoms with Crippen molar-refractivity contribution in [2.75, 3.05) is 38.7 Å². The van der Waals surface area contributed by atoms with Crippen molar-refractivity contribution in [3.8, 4) is 0 Å². The molecule has 0 aliphatic carbocycles. The average molecular weight is 848 g/mol. The summed E-state index contributed by atoms with van der Waals surface area (Å²) in [6, 6.07) is 2.50. The Bertz CT molecular complexity index is 1780. The third kappa shape index (κ3) is 13.6. The molecule has 3 rings (SSSR count). The van der Waals surface area contributed by atoms with Gasteiger partial charge in [-0.1, -0.05) is 19.9 Å². The fourth-order valence-electron chi connectivity index (χ4n) is 6.15. The first kappa shape index (κ1) is 49.1. The minimum Gasteiger partial charge on any atom is -0.479 e. The minimum absolute atomic E-state index is 0.0407. The second kappa shape index (κ2) is 21.8. The summed E-state index contributed by atoms with van der Waals surface area (Å²) in [5.41, 5.74) is 0.485. The molecule has 1 fully saturated rings. The summed E-state index contributed by atoms with van der Waals surface area (Å²) >= 11 is 0. The number of carbonyl (C=O) groups excluding carboxylic acids is 7. The number of aliphatic hydroxyl groups is 3. The largest absolute Gasteiger partial charge is 0.479 e. The van der Waals surface area contributed by atoms with Crippen LogP contribution in [0, 0.1) is 11.3 Å². The van der Waals surface area contributed by atoms with Crippen LogP contribution in [0.25, 0.3) is 0 Å². The Hall–Kier alpha value is -5.28. The summed E-state index contributed by atoms with van der Waals surface area (Å²) in [4.78, 5) is 103. The lowest BCUT2D eigenvalue weighted by molar-refractivity contribution is -0.228. The van der Waals surface area contributed by atoms with Crippen molar-refractivity contribution >= 4 is 53.1 Å². The summed E-state index contributed by atoms with van der Waals surface area (Å²) in [5.74, 6) is -6.17. The van der Waals surface area contributed by atoms with Gasteiger partial charge in [0.05, 0.1) is 18.1 Å². The molecule has 60 heavy (non-hydrogen) atoms. The van der Waals surface area contributed by atoms with E-state index in [1.165, 1.54) is 25.0 Å². The molecule has 20 nitrogen and oxygen atoms in total. The number of amides is 6. The molecule has 0 unspecified atom stereocenters. The van der Waals surface area contributed by atoms with E-state index in [4.69, 9.17) is 14.2 Å². The summed E-state index contributed by atoms with van der Waals surface area (Å²) in [6.45, 7) is 9.25. The zero-order valence-corrected chi connectivity index (χ0v) is 34.8. The van der Waals surface area contributed by atoms with Gasteiger partial charge in [0.15, 0.2) is 6.10 Å². The number of carboxylic acid groups (broad SMARTS) is 1. The normalized spacial score (nSPS) is 21.3. The number of nitrogens with one attached hydrogen (secondary N) is 3. The first-order valence-electron chi connectivity index (χ1n) is 19.5. The van der Waals surface area contributed by atoms with E-state index in [9.17, 15) is 58.8 Å². The van der Waals surface area contributed by atoms with E-state index in [-0.39, 0.29) is 51.3 Å². The number of methoxy groups -OCH3 is 1. The first-order chi connectivity index (χ1) is 28.0. The van der Waals surface area contributed by atoms with Gasteiger partial charge in [0, 0.05) is 44.5 Å². The summed E-state index contributed by atoms with van der Waals surface area (Å²) in [7, 11) is 1.42. The molecule has 0 radical (unpaired) electrons. The maximum Gasteiger partial charge on any atom is 0.335 e. The van der Waals surface area contributed by atoms with E-state index >= 15 is 0 Å². The van der Waals surface area contributed by atoms with E-state index in [2.05, 4.69) is 16.0 Å². The van der Waals surface area contributed by atoms with Gasteiger partial charge < -0.3 is 55.5 Å². The highest BCUT2D eigenvalue weighted by Crippen LogP contribution is 2.27. The number of hydrogen-bond acceptors (Lipinski definition) is 14. The van der Waals surface area contributed by atoms with E-state index in [1.54, 1.807) is 46.8 Å². The van der Waals surface area contributed by atoms with Crippen molar-refractivity contribution in [3.05, 3.63) is 41.5 Å². The maximum absolute atomic E-state index is 13.4. The zero-order chi connectivity index (χ0) is 45.1. The molecule has 2 aliphatic heterocycles. The lowest BCUT2D eigenvalue weighted by Crippen LogP contribution is -2.59. The highest BCUT2D eigenvalue weighted by Gasteiger charge is 2.46. The van der Waals surface area contributed by atoms with Crippen molar-refractivity contribution in [2.45, 2.75) is 110 Å². The van der Waals surface area contributed by atoms with Gasteiger partial charge >= 0.3 is 11.9 Å². The lowest BCUT2D eigenvalue weighted by atomic mass is 9.91. The van der Waals surface area contributed by atoms with Crippen LogP contribution in [-0.4, -0.2) is 154 Å². The summed E-state index contributed by atoms with van der Waals surface area (Å²) in [6.07, 6.45) is -6.34. The standard InChI is InChI=1S/C40H57N5O15/c1-21(2)31(43-27(46)14-15-44(16-17-58-7)30(49)19-45-28(47)12-13-29(45)48)37(54)41-22(3)36(53)42-25-10-8-24(20-59-39(57)40(4,5)6)23(18-25)9-11-26-32(50)33(51)34(52)35(60-26)38(55)56/h8,10,12-13,18,21-22,26,31-35,50-52H,9,11,14-17,19-20H2,1-7H3,(H,41,54)(H,42,53)(H,43,46)(H,55,56)/t22-,26-,31-,32-,33+,34-,35-/m0/s1. The molecule has 20 heteroatoms. The van der Waals surface area contributed by atoms with Crippen LogP contribution in [-0.2, 0) is 65.6 Å². The second-order valence-electron chi connectivity index (χ2n) is 16.0. The number of nitrogens with zero attached hydrogens (tertiary/aromatic N) is 2. The number of anilines is 1. The molecule has 1 saturated heterocycles. The number of carbonyl (C=O) groups is 8. The predicted octanol–water partition coefficient (Wildman–Crippen LogP) is -0.983. The van der Waals surface area contributed by atoms with E-state index < -0.39 is 108 Å². The van der Waals surface area contributed by atoms with E-state index in [0.29, 0.717) is 11.1 Å². The number of carboxylic acids is 1. The lowest BCUT2D eigenvalue weighted by Gasteiger charge is -2.39. The summed E-state index contributed by atoms with van der Waals surface area (Å²) < 4.78 is 16.0. The number of aliphatic carboxylic acids is 1. The maximum atomic E-state index is 13.4. The number of benzene rings is 1. The fourth-order valence-corrected chi connectivity index (χ4v) is 6.15. The van der Waals surface area contributed by atoms with Crippen LogP contribution < -0.4 is 16.0 Å². The van der Waals surface area contributed by atoms with Crippen LogP contribution in [0.5, 0.6) is 0 Å². The van der Waals surface area contributed by atoms with Crippen molar-refractivity contribution in [2.24, 2.45) is 11.3 Å². The highest BCUT2D eigenvalue weighted by atomic mass is 16.6. The van der Waals surface area contributed by atoms with Crippen LogP contribution in [0.2, 0.25) is 0 Å². The highest BCUT2D eigenvalue weighted by molar-refractivity contribution is 6.14. The molecule has 2 aliphatic rings. The molecule has 0 aromatic heterocycles. The smallest absolute Gasteiger partial charge is 0.335 e. The first-order valence-corrected chi connectivity index (χ1v) is 19.5. The van der Waals surface area contributed by atoms with Crippen LogP contribution in [0.15, 0.2) is 30.4 Å². The Kier molecular flexibility index (Phi) is 17.9. The number of aliphatic hydroxyl groups excluding tert-OH is 3. The molecule has 2 heterocycles. The van der Waals surface area contributed by atoms with Crippen molar-refractivity contribution in [3.63, 3.8) is 0 Å². The van der Waals surface area contributed by atoms with Gasteiger partial charge in [-0.2, -0.15) is 0 Å². The Labute approximate surface area is 347 Å². The monoisotopic (exact) mass is 847 g/mol. The molecule has 6 amide bonds. The molecule has 0 saturated carbocycles. The van der Waals surface area contributed by atoms with Crippen LogP contribution in [0.4, 0.5) is 5.69 Å². The topological polar surface area (TPSA) is 288 Å². The molecular formula is C40H57N5O15. The van der Waals surface area contributed by atoms with E-state index in [0.717, 1.165) is 17.1 Å². The molecule has 0 bridgehead atoms. The second-order valence-corrected chi connectivity index (χ2v) is 16.0. The van der Waals surface area contributed by atoms with Gasteiger partial charge in [-0.25, -0.2) is 4.79 Å². The van der Waals surface area contributed by atoms with Crippen molar-refractivity contribution in [1.82, 2.24) is 20.4 Å². The van der Waals surface area contributed by atoms with Gasteiger partial charge in [0.2, 0.25) is 23.6 Å². The van der Waals surface area contributed by atoms with E-state index in [1.807, 2.05) is 0 Å². The SMILES string of the molecule is COCCN(CCC(=O)N[C@H](C(=O)N[C@@H](C)C(=O)Nc1ccc(COC(=O)C(C)(C)C)c(CC[C@@H]2O[C@H](C(=O)O)[C@@H](O)[C@H](O)[C@H]2O)c1)C(C)C)C(=O)CN1C(=O)C=CC1=O. The Balaban J connectivity index is 1.67. The third-order valence-corrected chi connectivity index (χ3v) is 9.84.